The molecule has 67 heavy (non-hydrogen) atoms. The molecule has 0 aliphatic rings. The summed E-state index contributed by atoms with van der Waals surface area (Å²) in [6.07, 6.45) is 0. The second-order valence-corrected chi connectivity index (χ2v) is 17.6. The minimum atomic E-state index is 1.09. The average molecular weight is 850 g/mol. The number of rotatable bonds is 7. The lowest BCUT2D eigenvalue weighted by Gasteiger charge is -2.26. The van der Waals surface area contributed by atoms with Crippen molar-refractivity contribution in [3.63, 3.8) is 0 Å². The Kier molecular flexibility index (Phi) is 9.25. The van der Waals surface area contributed by atoms with Gasteiger partial charge in [-0.15, -0.1) is 0 Å². The molecule has 0 aliphatic heterocycles. The van der Waals surface area contributed by atoms with Crippen molar-refractivity contribution in [2.75, 3.05) is 4.90 Å². The van der Waals surface area contributed by atoms with E-state index < -0.39 is 0 Å². The number of benzene rings is 13. The van der Waals surface area contributed by atoms with Crippen LogP contribution in [0.1, 0.15) is 0 Å². The Balaban J connectivity index is 0.883. The van der Waals surface area contributed by atoms with Crippen molar-refractivity contribution in [2.24, 2.45) is 0 Å². The fourth-order valence-corrected chi connectivity index (χ4v) is 10.6. The fourth-order valence-electron chi connectivity index (χ4n) is 10.6. The van der Waals surface area contributed by atoms with Gasteiger partial charge in [0.15, 0.2) is 0 Å². The van der Waals surface area contributed by atoms with E-state index in [0.717, 1.165) is 17.1 Å². The number of hydrogen-bond acceptors (Lipinski definition) is 1. The first-order valence-electron chi connectivity index (χ1n) is 23.2. The van der Waals surface area contributed by atoms with Crippen LogP contribution in [-0.2, 0) is 0 Å². The first kappa shape index (κ1) is 38.7. The van der Waals surface area contributed by atoms with Gasteiger partial charge in [0.05, 0.1) is 0 Å². The third kappa shape index (κ3) is 6.71. The molecule has 0 atom stereocenters. The second kappa shape index (κ2) is 16.0. The molecule has 13 aromatic carbocycles. The minimum absolute atomic E-state index is 1.09. The highest BCUT2D eigenvalue weighted by molar-refractivity contribution is 6.16. The van der Waals surface area contributed by atoms with Gasteiger partial charge in [0.1, 0.15) is 0 Å². The molecule has 0 aromatic heterocycles. The Morgan fingerprint density at radius 1 is 0.179 bits per heavy atom. The quantitative estimate of drug-likeness (QED) is 0.144. The van der Waals surface area contributed by atoms with Crippen LogP contribution in [0.2, 0.25) is 0 Å². The summed E-state index contributed by atoms with van der Waals surface area (Å²) in [6.45, 7) is 0. The lowest BCUT2D eigenvalue weighted by molar-refractivity contribution is 1.28. The number of nitrogens with zero attached hydrogens (tertiary/aromatic N) is 1. The Morgan fingerprint density at radius 3 is 0.716 bits per heavy atom. The molecule has 0 amide bonds. The van der Waals surface area contributed by atoms with Crippen molar-refractivity contribution in [1.29, 1.82) is 0 Å². The summed E-state index contributed by atoms with van der Waals surface area (Å²) in [5.41, 5.74) is 13.0. The van der Waals surface area contributed by atoms with Crippen molar-refractivity contribution in [3.8, 4) is 44.5 Å². The monoisotopic (exact) mass is 849 g/mol. The summed E-state index contributed by atoms with van der Waals surface area (Å²) in [6, 6.07) is 95.7. The third-order valence-electron chi connectivity index (χ3n) is 13.8. The van der Waals surface area contributed by atoms with E-state index in [-0.39, 0.29) is 0 Å². The average Bonchev–Trinajstić information content (AvgIpc) is 3.41. The van der Waals surface area contributed by atoms with Gasteiger partial charge < -0.3 is 4.90 Å². The van der Waals surface area contributed by atoms with Crippen LogP contribution in [0.25, 0.3) is 109 Å². The van der Waals surface area contributed by atoms with Gasteiger partial charge in [0.25, 0.3) is 0 Å². The summed E-state index contributed by atoms with van der Waals surface area (Å²) >= 11 is 0. The van der Waals surface area contributed by atoms with Gasteiger partial charge in [0.2, 0.25) is 0 Å². The maximum absolute atomic E-state index is 2.38. The van der Waals surface area contributed by atoms with E-state index in [2.05, 4.69) is 266 Å². The number of fused-ring (bicyclic) bond motifs is 9. The zero-order valence-electron chi connectivity index (χ0n) is 36.8. The van der Waals surface area contributed by atoms with Gasteiger partial charge in [-0.25, -0.2) is 0 Å². The summed E-state index contributed by atoms with van der Waals surface area (Å²) in [5.74, 6) is 0. The van der Waals surface area contributed by atoms with Crippen LogP contribution >= 0.6 is 0 Å². The van der Waals surface area contributed by atoms with Crippen LogP contribution in [0.4, 0.5) is 17.1 Å². The van der Waals surface area contributed by atoms with Crippen molar-refractivity contribution in [3.05, 3.63) is 261 Å². The zero-order valence-corrected chi connectivity index (χ0v) is 36.8. The van der Waals surface area contributed by atoms with E-state index in [1.165, 1.54) is 109 Å². The molecule has 0 N–H and O–H groups in total. The van der Waals surface area contributed by atoms with Crippen LogP contribution in [0.15, 0.2) is 261 Å². The maximum Gasteiger partial charge on any atom is 0.0462 e. The molecule has 13 aromatic rings. The Labute approximate surface area is 390 Å². The van der Waals surface area contributed by atoms with Gasteiger partial charge in [-0.2, -0.15) is 0 Å². The molecular weight excluding hydrogens is 807 g/mol. The van der Waals surface area contributed by atoms with Crippen molar-refractivity contribution < 1.29 is 0 Å². The largest absolute Gasteiger partial charge is 0.311 e. The van der Waals surface area contributed by atoms with Crippen LogP contribution in [0, 0.1) is 0 Å². The van der Waals surface area contributed by atoms with Crippen LogP contribution in [-0.4, -0.2) is 0 Å². The predicted octanol–water partition coefficient (Wildman–Crippen LogP) is 18.7. The first-order valence-corrected chi connectivity index (χ1v) is 23.2. The van der Waals surface area contributed by atoms with E-state index in [1.807, 2.05) is 0 Å². The lowest BCUT2D eigenvalue weighted by atomic mass is 9.92. The van der Waals surface area contributed by atoms with Crippen molar-refractivity contribution in [2.45, 2.75) is 0 Å². The molecule has 1 nitrogen and oxygen atoms in total. The minimum Gasteiger partial charge on any atom is -0.311 e. The van der Waals surface area contributed by atoms with Crippen LogP contribution in [0.5, 0.6) is 0 Å². The molecule has 1 heteroatoms. The molecule has 312 valence electrons. The predicted molar refractivity (Wildman–Crippen MR) is 288 cm³/mol. The molecule has 0 aliphatic carbocycles. The summed E-state index contributed by atoms with van der Waals surface area (Å²) in [5, 5.41) is 15.2. The van der Waals surface area contributed by atoms with Gasteiger partial charge in [-0.05, 0) is 164 Å². The van der Waals surface area contributed by atoms with Crippen molar-refractivity contribution >= 4 is 81.7 Å². The van der Waals surface area contributed by atoms with Gasteiger partial charge in [-0.3, -0.25) is 0 Å². The molecule has 0 saturated carbocycles. The smallest absolute Gasteiger partial charge is 0.0462 e. The van der Waals surface area contributed by atoms with Gasteiger partial charge in [0, 0.05) is 17.1 Å². The molecule has 0 radical (unpaired) electrons. The molecular formula is C66H43N. The zero-order chi connectivity index (χ0) is 44.3. The topological polar surface area (TPSA) is 3.24 Å². The molecule has 0 fully saturated rings. The Bertz CT molecular complexity index is 3830. The van der Waals surface area contributed by atoms with Crippen LogP contribution in [0.3, 0.4) is 0 Å². The normalized spacial score (nSPS) is 11.6. The third-order valence-corrected chi connectivity index (χ3v) is 13.8. The Morgan fingerprint density at radius 2 is 0.403 bits per heavy atom. The summed E-state index contributed by atoms with van der Waals surface area (Å²) in [4.78, 5) is 2.38. The van der Waals surface area contributed by atoms with Crippen molar-refractivity contribution in [1.82, 2.24) is 0 Å². The van der Waals surface area contributed by atoms with Crippen LogP contribution < -0.4 is 4.90 Å². The fraction of sp³-hybridized carbons (Fsp3) is 0. The number of anilines is 3. The van der Waals surface area contributed by atoms with Gasteiger partial charge >= 0.3 is 0 Å². The van der Waals surface area contributed by atoms with E-state index in [9.17, 15) is 0 Å². The second-order valence-electron chi connectivity index (χ2n) is 17.6. The molecule has 0 spiro atoms. The highest BCUT2D eigenvalue weighted by Gasteiger charge is 2.17. The van der Waals surface area contributed by atoms with E-state index in [0.29, 0.717) is 0 Å². The molecule has 13 rings (SSSR count). The summed E-state index contributed by atoms with van der Waals surface area (Å²) in [7, 11) is 0. The van der Waals surface area contributed by atoms with Gasteiger partial charge in [-0.1, -0.05) is 206 Å². The number of hydrogen-bond donors (Lipinski definition) is 0. The maximum atomic E-state index is 2.38. The molecule has 0 unspecified atom stereocenters. The SMILES string of the molecule is c1ccc2c(c1)cc(-c1ccc(-c3ccc(N(c4ccc(-c5cc6ccccc6c6ccccc56)cc4)c4ccc(-c5cc6ccccc6c6ccccc56)cc4)cc3)cc1)c1ccccc12. The van der Waals surface area contributed by atoms with E-state index in [4.69, 9.17) is 0 Å². The molecule has 0 saturated heterocycles. The highest BCUT2D eigenvalue weighted by Crippen LogP contribution is 2.42. The summed E-state index contributed by atoms with van der Waals surface area (Å²) < 4.78 is 0. The molecule has 0 bridgehead atoms. The van der Waals surface area contributed by atoms with E-state index in [1.54, 1.807) is 0 Å². The molecule has 0 heterocycles. The first-order chi connectivity index (χ1) is 33.2. The standard InChI is InChI=1S/C66H43N/c1-4-16-55-49(13-1)41-64(61-22-10-7-19-58(55)61)46-27-25-44(26-28-46)45-29-35-52(36-30-45)67(53-37-31-47(32-38-53)65-42-50-14-2-5-17-56(50)59-20-8-11-23-62(59)65)54-39-33-48(34-40-54)66-43-51-15-3-6-18-57(51)60-21-9-12-24-63(60)66/h1-43H. The lowest BCUT2D eigenvalue weighted by Crippen LogP contribution is -2.09. The highest BCUT2D eigenvalue weighted by atomic mass is 15.1. The Hall–Kier alpha value is -8.78. The van der Waals surface area contributed by atoms with E-state index >= 15 is 0 Å².